The predicted molar refractivity (Wildman–Crippen MR) is 133 cm³/mol. The summed E-state index contributed by atoms with van der Waals surface area (Å²) in [4.78, 5) is 25.5. The first kappa shape index (κ1) is 24.5. The van der Waals surface area contributed by atoms with Crippen molar-refractivity contribution in [2.75, 3.05) is 12.4 Å². The van der Waals surface area contributed by atoms with Crippen molar-refractivity contribution in [1.82, 2.24) is 0 Å². The molecule has 182 valence electrons. The molecule has 6 nitrogen and oxygen atoms in total. The molecule has 0 heterocycles. The summed E-state index contributed by atoms with van der Waals surface area (Å²) in [5, 5.41) is 2.61. The molecule has 0 saturated carbocycles. The first-order valence-corrected chi connectivity index (χ1v) is 11.2. The summed E-state index contributed by atoms with van der Waals surface area (Å²) in [6.07, 6.45) is -1.09. The Morgan fingerprint density at radius 1 is 0.833 bits per heavy atom. The summed E-state index contributed by atoms with van der Waals surface area (Å²) in [6.45, 7) is 0.378. The minimum Gasteiger partial charge on any atom is -0.489 e. The van der Waals surface area contributed by atoms with Crippen LogP contribution in [0.1, 0.15) is 27.6 Å². The number of amides is 1. The Hall–Kier alpha value is -4.65. The van der Waals surface area contributed by atoms with Crippen LogP contribution in [0.15, 0.2) is 103 Å². The SMILES string of the molecule is COC(=O)c1ccc(F)cc1NC(=O)C(Oc1cccc(OCc2ccccc2)c1)c1ccccc1. The molecule has 0 aliphatic heterocycles. The number of hydrogen-bond acceptors (Lipinski definition) is 5. The van der Waals surface area contributed by atoms with Gasteiger partial charge in [-0.2, -0.15) is 0 Å². The molecule has 36 heavy (non-hydrogen) atoms. The molecule has 1 unspecified atom stereocenters. The van der Waals surface area contributed by atoms with Gasteiger partial charge in [0.05, 0.1) is 18.4 Å². The monoisotopic (exact) mass is 485 g/mol. The Morgan fingerprint density at radius 3 is 2.25 bits per heavy atom. The van der Waals surface area contributed by atoms with Crippen molar-refractivity contribution in [2.24, 2.45) is 0 Å². The number of benzene rings is 4. The maximum absolute atomic E-state index is 13.9. The van der Waals surface area contributed by atoms with Crippen molar-refractivity contribution in [3.05, 3.63) is 126 Å². The van der Waals surface area contributed by atoms with E-state index in [2.05, 4.69) is 5.32 Å². The van der Waals surface area contributed by atoms with Gasteiger partial charge in [-0.3, -0.25) is 4.79 Å². The van der Waals surface area contributed by atoms with Crippen LogP contribution in [0.5, 0.6) is 11.5 Å². The van der Waals surface area contributed by atoms with Crippen LogP contribution in [0.25, 0.3) is 0 Å². The first-order valence-electron chi connectivity index (χ1n) is 11.2. The lowest BCUT2D eigenvalue weighted by molar-refractivity contribution is -0.123. The molecular weight excluding hydrogens is 461 g/mol. The summed E-state index contributed by atoms with van der Waals surface area (Å²) in [5.41, 5.74) is 1.59. The zero-order valence-electron chi connectivity index (χ0n) is 19.5. The number of carbonyl (C=O) groups excluding carboxylic acids is 2. The van der Waals surface area contributed by atoms with E-state index in [-0.39, 0.29) is 11.3 Å². The fourth-order valence-electron chi connectivity index (χ4n) is 3.52. The van der Waals surface area contributed by atoms with Gasteiger partial charge in [0.15, 0.2) is 0 Å². The van der Waals surface area contributed by atoms with Crippen LogP contribution < -0.4 is 14.8 Å². The second-order valence-electron chi connectivity index (χ2n) is 7.83. The summed E-state index contributed by atoms with van der Waals surface area (Å²) < 4.78 is 30.6. The third-order valence-electron chi connectivity index (χ3n) is 5.29. The predicted octanol–water partition coefficient (Wildman–Crippen LogP) is 5.95. The highest BCUT2D eigenvalue weighted by Crippen LogP contribution is 2.28. The van der Waals surface area contributed by atoms with E-state index in [1.165, 1.54) is 13.2 Å². The van der Waals surface area contributed by atoms with Gasteiger partial charge in [-0.1, -0.05) is 66.7 Å². The number of ether oxygens (including phenoxy) is 3. The average molecular weight is 486 g/mol. The zero-order chi connectivity index (χ0) is 25.3. The summed E-state index contributed by atoms with van der Waals surface area (Å²) in [7, 11) is 1.21. The highest BCUT2D eigenvalue weighted by atomic mass is 19.1. The van der Waals surface area contributed by atoms with Gasteiger partial charge in [0.1, 0.15) is 23.9 Å². The van der Waals surface area contributed by atoms with Crippen LogP contribution >= 0.6 is 0 Å². The molecule has 1 amide bonds. The quantitative estimate of drug-likeness (QED) is 0.297. The summed E-state index contributed by atoms with van der Waals surface area (Å²) in [5.74, 6) is -0.935. The number of anilines is 1. The molecule has 4 aromatic rings. The molecule has 0 saturated heterocycles. The maximum Gasteiger partial charge on any atom is 0.339 e. The summed E-state index contributed by atoms with van der Waals surface area (Å²) in [6, 6.07) is 29.0. The molecule has 0 aliphatic rings. The van der Waals surface area contributed by atoms with E-state index in [9.17, 15) is 14.0 Å². The minimum absolute atomic E-state index is 0.0173. The van der Waals surface area contributed by atoms with Gasteiger partial charge in [0.2, 0.25) is 6.10 Å². The molecule has 0 bridgehead atoms. The van der Waals surface area contributed by atoms with Gasteiger partial charge >= 0.3 is 5.97 Å². The van der Waals surface area contributed by atoms with Crippen molar-refractivity contribution in [3.8, 4) is 11.5 Å². The van der Waals surface area contributed by atoms with Gasteiger partial charge < -0.3 is 19.5 Å². The molecular formula is C29H24FNO5. The van der Waals surface area contributed by atoms with Crippen LogP contribution in [0, 0.1) is 5.82 Å². The van der Waals surface area contributed by atoms with Gasteiger partial charge in [-0.05, 0) is 35.9 Å². The lowest BCUT2D eigenvalue weighted by Gasteiger charge is -2.20. The van der Waals surface area contributed by atoms with Crippen LogP contribution in [0.2, 0.25) is 0 Å². The van der Waals surface area contributed by atoms with E-state index >= 15 is 0 Å². The average Bonchev–Trinajstić information content (AvgIpc) is 2.91. The number of methoxy groups -OCH3 is 1. The lowest BCUT2D eigenvalue weighted by Crippen LogP contribution is -2.26. The fourth-order valence-corrected chi connectivity index (χ4v) is 3.52. The van der Waals surface area contributed by atoms with Crippen molar-refractivity contribution >= 4 is 17.6 Å². The van der Waals surface area contributed by atoms with Crippen molar-refractivity contribution in [2.45, 2.75) is 12.7 Å². The fraction of sp³-hybridized carbons (Fsp3) is 0.103. The molecule has 7 heteroatoms. The molecule has 0 spiro atoms. The maximum atomic E-state index is 13.9. The Kier molecular flexibility index (Phi) is 7.93. The molecule has 4 aromatic carbocycles. The van der Waals surface area contributed by atoms with Gasteiger partial charge in [-0.25, -0.2) is 9.18 Å². The van der Waals surface area contributed by atoms with E-state index in [1.54, 1.807) is 48.5 Å². The van der Waals surface area contributed by atoms with Crippen molar-refractivity contribution in [1.29, 1.82) is 0 Å². The van der Waals surface area contributed by atoms with E-state index < -0.39 is 23.8 Å². The molecule has 0 radical (unpaired) electrons. The molecule has 0 aromatic heterocycles. The lowest BCUT2D eigenvalue weighted by atomic mass is 10.1. The van der Waals surface area contributed by atoms with Crippen LogP contribution in [-0.4, -0.2) is 19.0 Å². The van der Waals surface area contributed by atoms with Gasteiger partial charge in [-0.15, -0.1) is 0 Å². The number of esters is 1. The number of carbonyl (C=O) groups is 2. The molecule has 1 atom stereocenters. The van der Waals surface area contributed by atoms with E-state index in [1.807, 2.05) is 36.4 Å². The third kappa shape index (κ3) is 6.27. The van der Waals surface area contributed by atoms with E-state index in [0.717, 1.165) is 17.7 Å². The Bertz CT molecular complexity index is 1330. The standard InChI is InChI=1S/C29H24FNO5/c1-34-29(33)25-16-15-22(30)17-26(25)31-28(32)27(21-11-6-3-7-12-21)36-24-14-8-13-23(18-24)35-19-20-9-4-2-5-10-20/h2-18,27H,19H2,1H3,(H,31,32). The Labute approximate surface area is 208 Å². The van der Waals surface area contributed by atoms with Crippen LogP contribution in [0.4, 0.5) is 10.1 Å². The normalized spacial score (nSPS) is 11.3. The highest BCUT2D eigenvalue weighted by molar-refractivity contribution is 6.02. The van der Waals surface area contributed by atoms with Gasteiger partial charge in [0, 0.05) is 11.6 Å². The number of hydrogen-bond donors (Lipinski definition) is 1. The van der Waals surface area contributed by atoms with Crippen molar-refractivity contribution < 1.29 is 28.2 Å². The number of halogens is 1. The zero-order valence-corrected chi connectivity index (χ0v) is 19.5. The van der Waals surface area contributed by atoms with E-state index in [4.69, 9.17) is 14.2 Å². The smallest absolute Gasteiger partial charge is 0.339 e. The first-order chi connectivity index (χ1) is 17.5. The molecule has 0 fully saturated rings. The largest absolute Gasteiger partial charge is 0.489 e. The topological polar surface area (TPSA) is 73.9 Å². The minimum atomic E-state index is -1.09. The third-order valence-corrected chi connectivity index (χ3v) is 5.29. The second-order valence-corrected chi connectivity index (χ2v) is 7.83. The van der Waals surface area contributed by atoms with Crippen LogP contribution in [-0.2, 0) is 16.1 Å². The summed E-state index contributed by atoms with van der Waals surface area (Å²) >= 11 is 0. The van der Waals surface area contributed by atoms with Crippen molar-refractivity contribution in [3.63, 3.8) is 0 Å². The van der Waals surface area contributed by atoms with E-state index in [0.29, 0.717) is 23.7 Å². The Balaban J connectivity index is 1.57. The molecule has 4 rings (SSSR count). The number of nitrogens with one attached hydrogen (secondary N) is 1. The second kappa shape index (κ2) is 11.7. The van der Waals surface area contributed by atoms with Gasteiger partial charge in [0.25, 0.3) is 5.91 Å². The molecule has 1 N–H and O–H groups in total. The Morgan fingerprint density at radius 2 is 1.53 bits per heavy atom. The molecule has 0 aliphatic carbocycles. The van der Waals surface area contributed by atoms with Crippen LogP contribution in [0.3, 0.4) is 0 Å². The highest BCUT2D eigenvalue weighted by Gasteiger charge is 2.25. The number of rotatable bonds is 9.